The standard InChI is InChI=1S/C21H20O4/c1-21(2,13-7-9-14(22)10-8-13)17-12-11-16(19(24)20(17)25)15-5-3-4-6-18(15)23/h3-12,22-25H,1-2H3. The number of phenols is 4. The van der Waals surface area contributed by atoms with Gasteiger partial charge in [-0.1, -0.05) is 50.2 Å². The largest absolute Gasteiger partial charge is 0.508 e. The molecule has 4 nitrogen and oxygen atoms in total. The van der Waals surface area contributed by atoms with Gasteiger partial charge in [0, 0.05) is 22.1 Å². The van der Waals surface area contributed by atoms with E-state index in [9.17, 15) is 20.4 Å². The molecular weight excluding hydrogens is 316 g/mol. The molecule has 0 spiro atoms. The Kier molecular flexibility index (Phi) is 4.05. The van der Waals surface area contributed by atoms with Gasteiger partial charge < -0.3 is 20.4 Å². The highest BCUT2D eigenvalue weighted by atomic mass is 16.3. The summed E-state index contributed by atoms with van der Waals surface area (Å²) in [5, 5.41) is 40.6. The maximum absolute atomic E-state index is 10.6. The molecule has 4 heteroatoms. The number of para-hydroxylation sites is 1. The molecule has 0 aliphatic carbocycles. The molecule has 25 heavy (non-hydrogen) atoms. The van der Waals surface area contributed by atoms with Crippen LogP contribution in [0.4, 0.5) is 0 Å². The van der Waals surface area contributed by atoms with Crippen LogP contribution in [0, 0.1) is 0 Å². The van der Waals surface area contributed by atoms with Crippen LogP contribution < -0.4 is 0 Å². The van der Waals surface area contributed by atoms with Crippen molar-refractivity contribution in [3.05, 3.63) is 71.8 Å². The Labute approximate surface area is 146 Å². The average molecular weight is 336 g/mol. The summed E-state index contributed by atoms with van der Waals surface area (Å²) in [4.78, 5) is 0. The number of hydrogen-bond acceptors (Lipinski definition) is 4. The lowest BCUT2D eigenvalue weighted by atomic mass is 9.77. The zero-order valence-electron chi connectivity index (χ0n) is 14.1. The molecule has 0 radical (unpaired) electrons. The molecule has 3 aromatic rings. The molecule has 0 saturated heterocycles. The Bertz CT molecular complexity index is 912. The third kappa shape index (κ3) is 2.87. The lowest BCUT2D eigenvalue weighted by molar-refractivity contribution is 0.393. The normalized spacial score (nSPS) is 11.4. The summed E-state index contributed by atoms with van der Waals surface area (Å²) >= 11 is 0. The fourth-order valence-corrected chi connectivity index (χ4v) is 3.04. The number of rotatable bonds is 3. The third-order valence-electron chi connectivity index (χ3n) is 4.61. The average Bonchev–Trinajstić information content (AvgIpc) is 2.58. The molecule has 3 aromatic carbocycles. The summed E-state index contributed by atoms with van der Waals surface area (Å²) in [6, 6.07) is 16.8. The molecule has 0 fully saturated rings. The van der Waals surface area contributed by atoms with Crippen molar-refractivity contribution in [2.45, 2.75) is 19.3 Å². The van der Waals surface area contributed by atoms with E-state index in [4.69, 9.17) is 0 Å². The maximum Gasteiger partial charge on any atom is 0.165 e. The second kappa shape index (κ2) is 6.06. The molecule has 3 rings (SSSR count). The van der Waals surface area contributed by atoms with E-state index >= 15 is 0 Å². The van der Waals surface area contributed by atoms with Crippen molar-refractivity contribution in [1.29, 1.82) is 0 Å². The molecule has 0 bridgehead atoms. The molecule has 0 amide bonds. The predicted octanol–water partition coefficient (Wildman–Crippen LogP) is 4.50. The van der Waals surface area contributed by atoms with Crippen LogP contribution in [0.3, 0.4) is 0 Å². The van der Waals surface area contributed by atoms with Crippen LogP contribution in [0.15, 0.2) is 60.7 Å². The second-order valence-corrected chi connectivity index (χ2v) is 6.55. The van der Waals surface area contributed by atoms with Crippen molar-refractivity contribution >= 4 is 0 Å². The lowest BCUT2D eigenvalue weighted by Crippen LogP contribution is -2.19. The fourth-order valence-electron chi connectivity index (χ4n) is 3.04. The van der Waals surface area contributed by atoms with Gasteiger partial charge in [0.05, 0.1) is 0 Å². The third-order valence-corrected chi connectivity index (χ3v) is 4.61. The van der Waals surface area contributed by atoms with Crippen LogP contribution in [0.25, 0.3) is 11.1 Å². The number of hydrogen-bond donors (Lipinski definition) is 4. The molecule has 4 N–H and O–H groups in total. The number of aromatic hydroxyl groups is 4. The number of phenolic OH excluding ortho intramolecular Hbond substituents is 4. The summed E-state index contributed by atoms with van der Waals surface area (Å²) in [6.45, 7) is 3.85. The quantitative estimate of drug-likeness (QED) is 0.531. The van der Waals surface area contributed by atoms with Gasteiger partial charge in [-0.3, -0.25) is 0 Å². The van der Waals surface area contributed by atoms with Crippen LogP contribution in [0.2, 0.25) is 0 Å². The summed E-state index contributed by atoms with van der Waals surface area (Å²) in [5.74, 6) is -0.297. The van der Waals surface area contributed by atoms with Gasteiger partial charge in [-0.05, 0) is 29.8 Å². The van der Waals surface area contributed by atoms with E-state index in [2.05, 4.69) is 0 Å². The molecule has 0 atom stereocenters. The van der Waals surface area contributed by atoms with E-state index in [-0.39, 0.29) is 23.0 Å². The minimum atomic E-state index is -0.591. The highest BCUT2D eigenvalue weighted by molar-refractivity contribution is 5.79. The monoisotopic (exact) mass is 336 g/mol. The van der Waals surface area contributed by atoms with Crippen LogP contribution in [0.5, 0.6) is 23.0 Å². The van der Waals surface area contributed by atoms with Crippen molar-refractivity contribution in [3.63, 3.8) is 0 Å². The van der Waals surface area contributed by atoms with E-state index in [1.807, 2.05) is 13.8 Å². The Morgan fingerprint density at radius 1 is 0.640 bits per heavy atom. The maximum atomic E-state index is 10.6. The van der Waals surface area contributed by atoms with E-state index in [0.29, 0.717) is 16.7 Å². The van der Waals surface area contributed by atoms with Gasteiger partial charge in [0.2, 0.25) is 0 Å². The van der Waals surface area contributed by atoms with Gasteiger partial charge in [-0.15, -0.1) is 0 Å². The fraction of sp³-hybridized carbons (Fsp3) is 0.143. The minimum Gasteiger partial charge on any atom is -0.508 e. The number of benzene rings is 3. The lowest BCUT2D eigenvalue weighted by Gasteiger charge is -2.27. The first-order valence-electron chi connectivity index (χ1n) is 7.95. The van der Waals surface area contributed by atoms with Crippen LogP contribution in [-0.2, 0) is 5.41 Å². The Hall–Kier alpha value is -3.14. The van der Waals surface area contributed by atoms with Crippen molar-refractivity contribution in [2.24, 2.45) is 0 Å². The summed E-state index contributed by atoms with van der Waals surface area (Å²) in [5.41, 5.74) is 1.65. The van der Waals surface area contributed by atoms with E-state index < -0.39 is 5.41 Å². The Morgan fingerprint density at radius 3 is 1.92 bits per heavy atom. The summed E-state index contributed by atoms with van der Waals surface area (Å²) in [6.07, 6.45) is 0. The van der Waals surface area contributed by atoms with Gasteiger partial charge in [-0.2, -0.15) is 0 Å². The van der Waals surface area contributed by atoms with Gasteiger partial charge in [0.1, 0.15) is 11.5 Å². The first-order chi connectivity index (χ1) is 11.8. The zero-order chi connectivity index (χ0) is 18.2. The topological polar surface area (TPSA) is 80.9 Å². The first kappa shape index (κ1) is 16.7. The molecular formula is C21H20O4. The minimum absolute atomic E-state index is 0.0303. The molecule has 0 saturated carbocycles. The highest BCUT2D eigenvalue weighted by Crippen LogP contribution is 2.46. The predicted molar refractivity (Wildman–Crippen MR) is 97.1 cm³/mol. The van der Waals surface area contributed by atoms with E-state index in [1.54, 1.807) is 54.6 Å². The first-order valence-corrected chi connectivity index (χ1v) is 7.95. The molecule has 0 aliphatic heterocycles. The Balaban J connectivity index is 2.12. The van der Waals surface area contributed by atoms with Crippen molar-refractivity contribution in [1.82, 2.24) is 0 Å². The molecule has 0 heterocycles. The van der Waals surface area contributed by atoms with Gasteiger partial charge in [0.15, 0.2) is 11.5 Å². The molecule has 0 aromatic heterocycles. The molecule has 0 aliphatic rings. The van der Waals surface area contributed by atoms with Gasteiger partial charge in [-0.25, -0.2) is 0 Å². The van der Waals surface area contributed by atoms with E-state index in [0.717, 1.165) is 5.56 Å². The molecule has 128 valence electrons. The second-order valence-electron chi connectivity index (χ2n) is 6.55. The smallest absolute Gasteiger partial charge is 0.165 e. The van der Waals surface area contributed by atoms with Crippen molar-refractivity contribution in [3.8, 4) is 34.1 Å². The van der Waals surface area contributed by atoms with Crippen molar-refractivity contribution < 1.29 is 20.4 Å². The Morgan fingerprint density at radius 2 is 1.28 bits per heavy atom. The SMILES string of the molecule is CC(C)(c1ccc(O)cc1)c1ccc(-c2ccccc2O)c(O)c1O. The highest BCUT2D eigenvalue weighted by Gasteiger charge is 2.29. The van der Waals surface area contributed by atoms with Gasteiger partial charge >= 0.3 is 0 Å². The van der Waals surface area contributed by atoms with Crippen LogP contribution in [0.1, 0.15) is 25.0 Å². The zero-order valence-corrected chi connectivity index (χ0v) is 14.1. The molecule has 0 unspecified atom stereocenters. The van der Waals surface area contributed by atoms with Gasteiger partial charge in [0.25, 0.3) is 0 Å². The van der Waals surface area contributed by atoms with Crippen LogP contribution in [-0.4, -0.2) is 20.4 Å². The summed E-state index contributed by atoms with van der Waals surface area (Å²) < 4.78 is 0. The van der Waals surface area contributed by atoms with E-state index in [1.165, 1.54) is 6.07 Å². The van der Waals surface area contributed by atoms with Crippen LogP contribution >= 0.6 is 0 Å². The van der Waals surface area contributed by atoms with Crippen molar-refractivity contribution in [2.75, 3.05) is 0 Å². The summed E-state index contributed by atoms with van der Waals surface area (Å²) in [7, 11) is 0.